The molecule has 0 saturated carbocycles. The third-order valence-electron chi connectivity index (χ3n) is 3.51. The molecular formula is C16H10Cl2N2O4S. The molecule has 3 rings (SSSR count). The number of halogens is 2. The molecule has 1 atom stereocenters. The fraction of sp³-hybridized carbons (Fsp3) is 0.125. The Morgan fingerprint density at radius 3 is 2.72 bits per heavy atom. The molecule has 1 fully saturated rings. The fourth-order valence-electron chi connectivity index (χ4n) is 2.39. The fourth-order valence-corrected chi connectivity index (χ4v) is 3.99. The monoisotopic (exact) mass is 396 g/mol. The van der Waals surface area contributed by atoms with Crippen molar-refractivity contribution in [3.05, 3.63) is 52.1 Å². The smallest absolute Gasteiger partial charge is 0.338 e. The summed E-state index contributed by atoms with van der Waals surface area (Å²) >= 11 is 12.9. The topological polar surface area (TPSA) is 87.6 Å². The van der Waals surface area contributed by atoms with Crippen LogP contribution in [-0.2, 0) is 9.59 Å². The minimum Gasteiger partial charge on any atom is -0.478 e. The number of hydrogen-bond acceptors (Lipinski definition) is 5. The van der Waals surface area contributed by atoms with Crippen molar-refractivity contribution < 1.29 is 19.5 Å². The molecule has 1 aromatic heterocycles. The Morgan fingerprint density at radius 2 is 2.04 bits per heavy atom. The number of benzene rings is 1. The molecule has 0 spiro atoms. The minimum absolute atomic E-state index is 0.0178. The van der Waals surface area contributed by atoms with E-state index in [1.54, 1.807) is 0 Å². The molecule has 9 heteroatoms. The number of carboxylic acid groups (broad SMARTS) is 1. The number of carbonyl (C=O) groups is 3. The molecule has 0 radical (unpaired) electrons. The predicted octanol–water partition coefficient (Wildman–Crippen LogP) is 3.51. The van der Waals surface area contributed by atoms with E-state index in [4.69, 9.17) is 23.2 Å². The summed E-state index contributed by atoms with van der Waals surface area (Å²) in [6.45, 7) is 0. The molecule has 1 aliphatic rings. The van der Waals surface area contributed by atoms with E-state index in [9.17, 15) is 19.5 Å². The Bertz CT molecular complexity index is 890. The maximum atomic E-state index is 12.7. The van der Waals surface area contributed by atoms with Crippen LogP contribution in [0.5, 0.6) is 0 Å². The summed E-state index contributed by atoms with van der Waals surface area (Å²) in [5.74, 6) is -2.04. The second-order valence-electron chi connectivity index (χ2n) is 5.14. The van der Waals surface area contributed by atoms with Gasteiger partial charge >= 0.3 is 5.97 Å². The van der Waals surface area contributed by atoms with Crippen molar-refractivity contribution in [3.63, 3.8) is 0 Å². The number of pyridine rings is 1. The molecule has 25 heavy (non-hydrogen) atoms. The number of carboxylic acids is 1. The van der Waals surface area contributed by atoms with Gasteiger partial charge in [-0.2, -0.15) is 0 Å². The number of nitrogens with zero attached hydrogens (tertiary/aromatic N) is 2. The minimum atomic E-state index is -1.15. The van der Waals surface area contributed by atoms with Gasteiger partial charge in [0.05, 0.1) is 21.5 Å². The van der Waals surface area contributed by atoms with Gasteiger partial charge in [0, 0.05) is 17.6 Å². The van der Waals surface area contributed by atoms with Crippen LogP contribution in [0.1, 0.15) is 16.8 Å². The summed E-state index contributed by atoms with van der Waals surface area (Å²) in [6, 6.07) is 7.37. The third-order valence-corrected chi connectivity index (χ3v) is 5.25. The van der Waals surface area contributed by atoms with Crippen LogP contribution in [0.2, 0.25) is 10.0 Å². The predicted molar refractivity (Wildman–Crippen MR) is 94.4 cm³/mol. The van der Waals surface area contributed by atoms with Gasteiger partial charge in [-0.1, -0.05) is 35.0 Å². The van der Waals surface area contributed by atoms with Gasteiger partial charge in [-0.3, -0.25) is 9.59 Å². The van der Waals surface area contributed by atoms with Crippen LogP contribution in [0.15, 0.2) is 41.6 Å². The van der Waals surface area contributed by atoms with Crippen molar-refractivity contribution in [2.75, 3.05) is 4.90 Å². The van der Waals surface area contributed by atoms with Crippen molar-refractivity contribution in [1.82, 2.24) is 4.98 Å². The van der Waals surface area contributed by atoms with Gasteiger partial charge < -0.3 is 5.11 Å². The van der Waals surface area contributed by atoms with E-state index in [2.05, 4.69) is 4.98 Å². The molecule has 2 amide bonds. The highest BCUT2D eigenvalue weighted by Crippen LogP contribution is 2.37. The lowest BCUT2D eigenvalue weighted by molar-refractivity contribution is -0.121. The van der Waals surface area contributed by atoms with E-state index in [0.717, 1.165) is 16.7 Å². The number of imide groups is 1. The van der Waals surface area contributed by atoms with Gasteiger partial charge in [-0.05, 0) is 30.3 Å². The Morgan fingerprint density at radius 1 is 1.28 bits per heavy atom. The van der Waals surface area contributed by atoms with E-state index in [1.165, 1.54) is 36.5 Å². The molecule has 1 saturated heterocycles. The number of aromatic nitrogens is 1. The number of rotatable bonds is 4. The number of hydrogen-bond donors (Lipinski definition) is 1. The highest BCUT2D eigenvalue weighted by Gasteiger charge is 2.41. The molecule has 0 bridgehead atoms. The average molecular weight is 397 g/mol. The average Bonchev–Trinajstić information content (AvgIpc) is 2.82. The van der Waals surface area contributed by atoms with Gasteiger partial charge in [-0.25, -0.2) is 14.7 Å². The van der Waals surface area contributed by atoms with E-state index >= 15 is 0 Å². The van der Waals surface area contributed by atoms with Gasteiger partial charge in [0.15, 0.2) is 0 Å². The van der Waals surface area contributed by atoms with Gasteiger partial charge in [0.2, 0.25) is 11.8 Å². The summed E-state index contributed by atoms with van der Waals surface area (Å²) in [5.41, 5.74) is 0.236. The highest BCUT2D eigenvalue weighted by atomic mass is 35.5. The number of amides is 2. The van der Waals surface area contributed by atoms with Gasteiger partial charge in [0.1, 0.15) is 5.03 Å². The van der Waals surface area contributed by atoms with E-state index in [1.807, 2.05) is 0 Å². The van der Waals surface area contributed by atoms with E-state index in [-0.39, 0.29) is 27.7 Å². The lowest BCUT2D eigenvalue weighted by Crippen LogP contribution is -2.31. The second kappa shape index (κ2) is 7.03. The maximum absolute atomic E-state index is 12.7. The molecule has 6 nitrogen and oxygen atoms in total. The molecule has 0 aliphatic carbocycles. The number of aromatic carboxylic acids is 1. The van der Waals surface area contributed by atoms with Gasteiger partial charge in [-0.15, -0.1) is 0 Å². The summed E-state index contributed by atoms with van der Waals surface area (Å²) in [6.07, 6.45) is 1.36. The summed E-state index contributed by atoms with van der Waals surface area (Å²) < 4.78 is 0. The molecule has 0 unspecified atom stereocenters. The van der Waals surface area contributed by atoms with E-state index < -0.39 is 23.0 Å². The summed E-state index contributed by atoms with van der Waals surface area (Å²) in [4.78, 5) is 41.2. The Labute approximate surface area is 156 Å². The standard InChI is InChI=1S/C16H10Cl2N2O4S/c17-8-3-4-11(10(18)6-8)20-13(21)7-12(15(20)22)25-14-9(16(23)24)2-1-5-19-14/h1-6,12H,7H2,(H,23,24)/t12-/m0/s1. The van der Waals surface area contributed by atoms with Crippen LogP contribution in [0.25, 0.3) is 0 Å². The Kier molecular flexibility index (Phi) is 4.99. The van der Waals surface area contributed by atoms with Crippen LogP contribution in [-0.4, -0.2) is 33.1 Å². The first-order valence-electron chi connectivity index (χ1n) is 7.05. The van der Waals surface area contributed by atoms with Crippen LogP contribution >= 0.6 is 35.0 Å². The Hall–Kier alpha value is -2.09. The summed E-state index contributed by atoms with van der Waals surface area (Å²) in [7, 11) is 0. The lowest BCUT2D eigenvalue weighted by Gasteiger charge is -2.16. The van der Waals surface area contributed by atoms with Crippen molar-refractivity contribution in [3.8, 4) is 0 Å². The van der Waals surface area contributed by atoms with Crippen molar-refractivity contribution in [2.45, 2.75) is 16.7 Å². The largest absolute Gasteiger partial charge is 0.478 e. The highest BCUT2D eigenvalue weighted by molar-refractivity contribution is 8.00. The Balaban J connectivity index is 1.88. The van der Waals surface area contributed by atoms with Crippen molar-refractivity contribution >= 4 is 58.4 Å². The zero-order valence-corrected chi connectivity index (χ0v) is 14.8. The first-order chi connectivity index (χ1) is 11.9. The molecule has 2 heterocycles. The SMILES string of the molecule is O=C(O)c1cccnc1S[C@H]1CC(=O)N(c2ccc(Cl)cc2Cl)C1=O. The van der Waals surface area contributed by atoms with Crippen molar-refractivity contribution in [2.24, 2.45) is 0 Å². The molecule has 1 aliphatic heterocycles. The van der Waals surface area contributed by atoms with Crippen LogP contribution < -0.4 is 4.90 Å². The number of anilines is 1. The maximum Gasteiger partial charge on any atom is 0.338 e. The number of carbonyl (C=O) groups excluding carboxylic acids is 2. The van der Waals surface area contributed by atoms with Gasteiger partial charge in [0.25, 0.3) is 0 Å². The quantitative estimate of drug-likeness (QED) is 0.795. The molecule has 2 aromatic rings. The normalized spacial score (nSPS) is 17.2. The zero-order valence-electron chi connectivity index (χ0n) is 12.5. The molecule has 1 N–H and O–H groups in total. The lowest BCUT2D eigenvalue weighted by atomic mass is 10.3. The zero-order chi connectivity index (χ0) is 18.1. The second-order valence-corrected chi connectivity index (χ2v) is 7.17. The van der Waals surface area contributed by atoms with E-state index in [0.29, 0.717) is 5.02 Å². The van der Waals surface area contributed by atoms with Crippen LogP contribution in [0.4, 0.5) is 5.69 Å². The van der Waals surface area contributed by atoms with Crippen LogP contribution in [0.3, 0.4) is 0 Å². The third kappa shape index (κ3) is 3.49. The van der Waals surface area contributed by atoms with Crippen molar-refractivity contribution in [1.29, 1.82) is 0 Å². The molecule has 128 valence electrons. The van der Waals surface area contributed by atoms with Crippen LogP contribution in [0, 0.1) is 0 Å². The molecular weight excluding hydrogens is 387 g/mol. The summed E-state index contributed by atoms with van der Waals surface area (Å²) in [5, 5.41) is 9.19. The molecule has 1 aromatic carbocycles. The number of thioether (sulfide) groups is 1. The first kappa shape index (κ1) is 17.7. The first-order valence-corrected chi connectivity index (χ1v) is 8.69.